The lowest BCUT2D eigenvalue weighted by Crippen LogP contribution is -2.27. The van der Waals surface area contributed by atoms with Gasteiger partial charge in [-0.2, -0.15) is 5.10 Å². The third-order valence-corrected chi connectivity index (χ3v) is 3.81. The Labute approximate surface area is 107 Å². The number of fused-ring (bicyclic) bond motifs is 1. The van der Waals surface area contributed by atoms with Gasteiger partial charge in [0.15, 0.2) is 0 Å². The standard InChI is InChI=1S/C15H18N2O/c18-15-13-9-4-10-14(13)16-17(15)11-5-8-12-6-2-1-3-7-12/h1-3,6-7,13H,4-5,8-11H2. The van der Waals surface area contributed by atoms with E-state index in [9.17, 15) is 4.79 Å². The van der Waals surface area contributed by atoms with Crippen LogP contribution in [-0.2, 0) is 11.2 Å². The number of hydrazone groups is 1. The van der Waals surface area contributed by atoms with Crippen molar-refractivity contribution in [1.82, 2.24) is 5.01 Å². The maximum Gasteiger partial charge on any atom is 0.251 e. The van der Waals surface area contributed by atoms with E-state index in [4.69, 9.17) is 0 Å². The summed E-state index contributed by atoms with van der Waals surface area (Å²) < 4.78 is 0. The van der Waals surface area contributed by atoms with Crippen molar-refractivity contribution in [3.63, 3.8) is 0 Å². The summed E-state index contributed by atoms with van der Waals surface area (Å²) in [5.41, 5.74) is 2.46. The van der Waals surface area contributed by atoms with E-state index in [2.05, 4.69) is 29.4 Å². The van der Waals surface area contributed by atoms with Gasteiger partial charge in [0.25, 0.3) is 5.91 Å². The molecule has 1 fully saturated rings. The van der Waals surface area contributed by atoms with Crippen molar-refractivity contribution < 1.29 is 4.79 Å². The molecule has 0 saturated heterocycles. The Balaban J connectivity index is 1.53. The largest absolute Gasteiger partial charge is 0.272 e. The highest BCUT2D eigenvalue weighted by Gasteiger charge is 2.38. The van der Waals surface area contributed by atoms with Crippen molar-refractivity contribution in [2.45, 2.75) is 32.1 Å². The zero-order valence-corrected chi connectivity index (χ0v) is 10.5. The molecule has 1 unspecified atom stereocenters. The summed E-state index contributed by atoms with van der Waals surface area (Å²) in [6.07, 6.45) is 5.16. The lowest BCUT2D eigenvalue weighted by Gasteiger charge is -2.13. The Bertz CT molecular complexity index is 467. The van der Waals surface area contributed by atoms with Crippen LogP contribution in [-0.4, -0.2) is 23.2 Å². The van der Waals surface area contributed by atoms with E-state index in [0.717, 1.165) is 44.4 Å². The number of aryl methyl sites for hydroxylation is 1. The van der Waals surface area contributed by atoms with Gasteiger partial charge in [0, 0.05) is 6.54 Å². The van der Waals surface area contributed by atoms with Crippen molar-refractivity contribution in [3.05, 3.63) is 35.9 Å². The molecule has 0 spiro atoms. The number of carbonyl (C=O) groups excluding carboxylic acids is 1. The molecule has 1 aromatic rings. The molecule has 1 amide bonds. The molecule has 1 aliphatic carbocycles. The molecule has 0 N–H and O–H groups in total. The zero-order valence-electron chi connectivity index (χ0n) is 10.5. The van der Waals surface area contributed by atoms with E-state index in [0.29, 0.717) is 0 Å². The molecule has 0 aromatic heterocycles. The minimum atomic E-state index is 0.127. The van der Waals surface area contributed by atoms with Gasteiger partial charge in [-0.15, -0.1) is 0 Å². The normalized spacial score (nSPS) is 22.2. The molecule has 1 atom stereocenters. The number of carbonyl (C=O) groups is 1. The first-order chi connectivity index (χ1) is 8.84. The summed E-state index contributed by atoms with van der Waals surface area (Å²) in [7, 11) is 0. The molecule has 3 heteroatoms. The maximum absolute atomic E-state index is 12.0. The quantitative estimate of drug-likeness (QED) is 0.798. The van der Waals surface area contributed by atoms with E-state index >= 15 is 0 Å². The molecule has 2 aliphatic rings. The number of nitrogens with zero attached hydrogens (tertiary/aromatic N) is 2. The first-order valence-corrected chi connectivity index (χ1v) is 6.77. The molecular weight excluding hydrogens is 224 g/mol. The minimum absolute atomic E-state index is 0.127. The lowest BCUT2D eigenvalue weighted by atomic mass is 10.1. The second-order valence-electron chi connectivity index (χ2n) is 5.09. The molecule has 0 bridgehead atoms. The van der Waals surface area contributed by atoms with Crippen molar-refractivity contribution in [2.24, 2.45) is 11.0 Å². The number of hydrogen-bond acceptors (Lipinski definition) is 2. The molecular formula is C15H18N2O. The van der Waals surface area contributed by atoms with Crippen LogP contribution in [0.15, 0.2) is 35.4 Å². The fourth-order valence-corrected chi connectivity index (χ4v) is 2.84. The Morgan fingerprint density at radius 3 is 2.89 bits per heavy atom. The SMILES string of the molecule is O=C1C2CCCC2=NN1CCCc1ccccc1. The van der Waals surface area contributed by atoms with Crippen molar-refractivity contribution in [1.29, 1.82) is 0 Å². The summed E-state index contributed by atoms with van der Waals surface area (Å²) in [5.74, 6) is 0.359. The van der Waals surface area contributed by atoms with Gasteiger partial charge in [-0.25, -0.2) is 5.01 Å². The monoisotopic (exact) mass is 242 g/mol. The molecule has 1 saturated carbocycles. The van der Waals surface area contributed by atoms with Gasteiger partial charge in [0.2, 0.25) is 0 Å². The third kappa shape index (κ3) is 2.17. The zero-order chi connectivity index (χ0) is 12.4. The van der Waals surface area contributed by atoms with E-state index in [1.807, 2.05) is 6.07 Å². The number of rotatable bonds is 4. The van der Waals surface area contributed by atoms with E-state index in [1.165, 1.54) is 5.56 Å². The predicted octanol–water partition coefficient (Wildman–Crippen LogP) is 2.62. The van der Waals surface area contributed by atoms with Crippen LogP contribution in [0.3, 0.4) is 0 Å². The average Bonchev–Trinajstić information content (AvgIpc) is 2.96. The second-order valence-corrected chi connectivity index (χ2v) is 5.09. The highest BCUT2D eigenvalue weighted by molar-refractivity contribution is 6.09. The van der Waals surface area contributed by atoms with Crippen LogP contribution in [0.5, 0.6) is 0 Å². The van der Waals surface area contributed by atoms with Gasteiger partial charge in [-0.05, 0) is 37.7 Å². The van der Waals surface area contributed by atoms with Crippen LogP contribution in [0.1, 0.15) is 31.2 Å². The first kappa shape index (κ1) is 11.5. The minimum Gasteiger partial charge on any atom is -0.272 e. The van der Waals surface area contributed by atoms with E-state index < -0.39 is 0 Å². The van der Waals surface area contributed by atoms with E-state index in [1.54, 1.807) is 5.01 Å². The predicted molar refractivity (Wildman–Crippen MR) is 71.3 cm³/mol. The fraction of sp³-hybridized carbons (Fsp3) is 0.467. The average molecular weight is 242 g/mol. The van der Waals surface area contributed by atoms with Crippen LogP contribution in [0, 0.1) is 5.92 Å². The highest BCUT2D eigenvalue weighted by atomic mass is 16.2. The summed E-state index contributed by atoms with van der Waals surface area (Å²) in [6, 6.07) is 10.4. The molecule has 94 valence electrons. The summed E-state index contributed by atoms with van der Waals surface area (Å²) in [6.45, 7) is 0.758. The number of benzene rings is 1. The summed E-state index contributed by atoms with van der Waals surface area (Å²) in [4.78, 5) is 12.0. The molecule has 3 rings (SSSR count). The third-order valence-electron chi connectivity index (χ3n) is 3.81. The van der Waals surface area contributed by atoms with Crippen molar-refractivity contribution >= 4 is 11.6 Å². The van der Waals surface area contributed by atoms with Gasteiger partial charge in [0.05, 0.1) is 11.6 Å². The Morgan fingerprint density at radius 2 is 2.11 bits per heavy atom. The van der Waals surface area contributed by atoms with Gasteiger partial charge in [-0.1, -0.05) is 30.3 Å². The Kier molecular flexibility index (Phi) is 3.13. The number of hydrogen-bond donors (Lipinski definition) is 0. The van der Waals surface area contributed by atoms with Crippen LogP contribution < -0.4 is 0 Å². The highest BCUT2D eigenvalue weighted by Crippen LogP contribution is 2.30. The smallest absolute Gasteiger partial charge is 0.251 e. The van der Waals surface area contributed by atoms with Gasteiger partial charge in [0.1, 0.15) is 0 Å². The van der Waals surface area contributed by atoms with Gasteiger partial charge < -0.3 is 0 Å². The fourth-order valence-electron chi connectivity index (χ4n) is 2.84. The molecule has 18 heavy (non-hydrogen) atoms. The van der Waals surface area contributed by atoms with Gasteiger partial charge in [-0.3, -0.25) is 4.79 Å². The molecule has 1 aliphatic heterocycles. The second kappa shape index (κ2) is 4.92. The molecule has 1 aromatic carbocycles. The van der Waals surface area contributed by atoms with Crippen LogP contribution in [0.2, 0.25) is 0 Å². The summed E-state index contributed by atoms with van der Waals surface area (Å²) >= 11 is 0. The Hall–Kier alpha value is -1.64. The van der Waals surface area contributed by atoms with Crippen LogP contribution in [0.4, 0.5) is 0 Å². The number of amides is 1. The molecule has 1 heterocycles. The van der Waals surface area contributed by atoms with Crippen molar-refractivity contribution in [3.8, 4) is 0 Å². The van der Waals surface area contributed by atoms with Gasteiger partial charge >= 0.3 is 0 Å². The van der Waals surface area contributed by atoms with Crippen LogP contribution >= 0.6 is 0 Å². The molecule has 0 radical (unpaired) electrons. The van der Waals surface area contributed by atoms with Crippen LogP contribution in [0.25, 0.3) is 0 Å². The lowest BCUT2D eigenvalue weighted by molar-refractivity contribution is -0.131. The van der Waals surface area contributed by atoms with Crippen molar-refractivity contribution in [2.75, 3.05) is 6.54 Å². The summed E-state index contributed by atoms with van der Waals surface area (Å²) in [5, 5.41) is 6.16. The Morgan fingerprint density at radius 1 is 1.28 bits per heavy atom. The first-order valence-electron chi connectivity index (χ1n) is 6.77. The van der Waals surface area contributed by atoms with E-state index in [-0.39, 0.29) is 11.8 Å². The maximum atomic E-state index is 12.0. The topological polar surface area (TPSA) is 32.7 Å². The molecule has 3 nitrogen and oxygen atoms in total.